The van der Waals surface area contributed by atoms with E-state index in [9.17, 15) is 43.2 Å². The van der Waals surface area contributed by atoms with E-state index in [4.69, 9.17) is 37.0 Å². The zero-order chi connectivity index (χ0) is 77.4. The molecule has 0 saturated heterocycles. The molecular formula is C87H170O17P2. The third-order valence-corrected chi connectivity index (χ3v) is 22.5. The molecule has 0 spiro atoms. The molecule has 0 aliphatic heterocycles. The van der Waals surface area contributed by atoms with Crippen LogP contribution in [0.4, 0.5) is 0 Å². The number of hydrogen-bond acceptors (Lipinski definition) is 15. The van der Waals surface area contributed by atoms with Crippen molar-refractivity contribution in [2.24, 2.45) is 0 Å². The number of phosphoric ester groups is 2. The molecular weight excluding hydrogens is 1380 g/mol. The van der Waals surface area contributed by atoms with Crippen LogP contribution >= 0.6 is 15.6 Å². The van der Waals surface area contributed by atoms with E-state index in [1.165, 1.54) is 308 Å². The van der Waals surface area contributed by atoms with Crippen molar-refractivity contribution >= 4 is 39.5 Å². The van der Waals surface area contributed by atoms with E-state index in [0.29, 0.717) is 25.7 Å². The van der Waals surface area contributed by atoms with Crippen molar-refractivity contribution in [3.05, 3.63) is 0 Å². The van der Waals surface area contributed by atoms with Gasteiger partial charge in [-0.1, -0.05) is 426 Å². The number of hydrogen-bond donors (Lipinski definition) is 3. The van der Waals surface area contributed by atoms with Crippen molar-refractivity contribution in [3.63, 3.8) is 0 Å². The molecule has 19 heteroatoms. The maximum atomic E-state index is 13.2. The molecule has 0 saturated carbocycles. The van der Waals surface area contributed by atoms with Crippen molar-refractivity contribution < 1.29 is 80.2 Å². The van der Waals surface area contributed by atoms with Crippen molar-refractivity contribution in [1.82, 2.24) is 0 Å². The number of aliphatic hydroxyl groups is 1. The van der Waals surface area contributed by atoms with Gasteiger partial charge in [0, 0.05) is 25.7 Å². The number of esters is 4. The van der Waals surface area contributed by atoms with Crippen LogP contribution < -0.4 is 0 Å². The van der Waals surface area contributed by atoms with Gasteiger partial charge in [-0.3, -0.25) is 37.3 Å². The number of carbonyl (C=O) groups excluding carboxylic acids is 4. The first kappa shape index (κ1) is 104. The van der Waals surface area contributed by atoms with Crippen molar-refractivity contribution in [2.45, 2.75) is 495 Å². The van der Waals surface area contributed by atoms with Gasteiger partial charge in [0.25, 0.3) is 0 Å². The van der Waals surface area contributed by atoms with Gasteiger partial charge in [0.2, 0.25) is 0 Å². The molecule has 630 valence electrons. The minimum atomic E-state index is -4.97. The van der Waals surface area contributed by atoms with Crippen LogP contribution in [0.1, 0.15) is 477 Å². The number of rotatable bonds is 88. The summed E-state index contributed by atoms with van der Waals surface area (Å²) in [6.45, 7) is 5.07. The molecule has 3 N–H and O–H groups in total. The summed E-state index contributed by atoms with van der Waals surface area (Å²) < 4.78 is 69.0. The first-order valence-electron chi connectivity index (χ1n) is 45.3. The highest BCUT2D eigenvalue weighted by Crippen LogP contribution is 2.45. The molecule has 0 bridgehead atoms. The average Bonchev–Trinajstić information content (AvgIpc) is 0.910. The van der Waals surface area contributed by atoms with E-state index in [2.05, 4.69) is 27.7 Å². The van der Waals surface area contributed by atoms with E-state index in [0.717, 1.165) is 89.9 Å². The first-order chi connectivity index (χ1) is 51.7. The van der Waals surface area contributed by atoms with Gasteiger partial charge in [0.05, 0.1) is 26.4 Å². The molecule has 0 aromatic rings. The number of aliphatic hydroxyl groups excluding tert-OH is 1. The molecule has 106 heavy (non-hydrogen) atoms. The summed E-state index contributed by atoms with van der Waals surface area (Å²) in [5.41, 5.74) is 0. The Balaban J connectivity index is 5.24. The van der Waals surface area contributed by atoms with Crippen LogP contribution in [-0.4, -0.2) is 96.7 Å². The fourth-order valence-corrected chi connectivity index (χ4v) is 15.3. The summed E-state index contributed by atoms with van der Waals surface area (Å²) in [5, 5.41) is 10.7. The van der Waals surface area contributed by atoms with Gasteiger partial charge in [-0.2, -0.15) is 0 Å². The second-order valence-corrected chi connectivity index (χ2v) is 34.2. The lowest BCUT2D eigenvalue weighted by Crippen LogP contribution is -2.30. The highest BCUT2D eigenvalue weighted by atomic mass is 31.2. The van der Waals surface area contributed by atoms with Gasteiger partial charge >= 0.3 is 39.5 Å². The van der Waals surface area contributed by atoms with E-state index < -0.39 is 97.5 Å². The zero-order valence-electron chi connectivity index (χ0n) is 69.4. The molecule has 0 aliphatic carbocycles. The molecule has 0 amide bonds. The van der Waals surface area contributed by atoms with Crippen LogP contribution in [-0.2, 0) is 65.4 Å². The number of ether oxygens (including phenoxy) is 4. The Hall–Kier alpha value is -1.94. The largest absolute Gasteiger partial charge is 0.472 e. The quantitative estimate of drug-likeness (QED) is 0.0222. The summed E-state index contributed by atoms with van der Waals surface area (Å²) in [7, 11) is -9.93. The van der Waals surface area contributed by atoms with Crippen molar-refractivity contribution in [1.29, 1.82) is 0 Å². The molecule has 5 atom stereocenters. The normalized spacial score (nSPS) is 13.7. The Bertz CT molecular complexity index is 2000. The molecule has 17 nitrogen and oxygen atoms in total. The lowest BCUT2D eigenvalue weighted by molar-refractivity contribution is -0.161. The van der Waals surface area contributed by atoms with E-state index in [-0.39, 0.29) is 25.7 Å². The van der Waals surface area contributed by atoms with Crippen LogP contribution in [0, 0.1) is 0 Å². The predicted molar refractivity (Wildman–Crippen MR) is 437 cm³/mol. The molecule has 2 unspecified atom stereocenters. The second-order valence-electron chi connectivity index (χ2n) is 31.3. The maximum Gasteiger partial charge on any atom is 0.472 e. The minimum absolute atomic E-state index is 0.109. The summed E-state index contributed by atoms with van der Waals surface area (Å²) in [6, 6.07) is 0. The number of unbranched alkanes of at least 4 members (excludes halogenated alkanes) is 62. The summed E-state index contributed by atoms with van der Waals surface area (Å²) in [6.07, 6.45) is 76.3. The molecule has 0 rings (SSSR count). The van der Waals surface area contributed by atoms with Crippen LogP contribution in [0.3, 0.4) is 0 Å². The van der Waals surface area contributed by atoms with Crippen LogP contribution in [0.15, 0.2) is 0 Å². The Morgan fingerprint density at radius 2 is 0.377 bits per heavy atom. The standard InChI is InChI=1S/C87H170O17P2/c1-5-9-13-17-21-25-29-33-36-39-40-41-42-44-47-50-54-58-62-66-70-74-87(92)104-83(78-98-85(90)72-68-64-60-56-52-48-46-43-37-34-30-26-22-18-14-10-6-2)80-102-106(95,96)100-76-81(88)75-99-105(93,94)101-79-82(77-97-84(89)71-67-63-59-55-51-32-28-24-20-16-12-8-4)103-86(91)73-69-65-61-57-53-49-45-38-35-31-27-23-19-15-11-7-3/h81-83,88H,5-80H2,1-4H3,(H,93,94)(H,95,96)/t81-,82+,83+/m0/s1. The van der Waals surface area contributed by atoms with Gasteiger partial charge in [-0.25, -0.2) is 9.13 Å². The summed E-state index contributed by atoms with van der Waals surface area (Å²) in [4.78, 5) is 73.3. The highest BCUT2D eigenvalue weighted by Gasteiger charge is 2.30. The van der Waals surface area contributed by atoms with E-state index in [1.807, 2.05) is 0 Å². The van der Waals surface area contributed by atoms with E-state index >= 15 is 0 Å². The van der Waals surface area contributed by atoms with Crippen LogP contribution in [0.5, 0.6) is 0 Å². The predicted octanol–water partition coefficient (Wildman–Crippen LogP) is 26.9. The topological polar surface area (TPSA) is 237 Å². The second kappa shape index (κ2) is 81.1. The summed E-state index contributed by atoms with van der Waals surface area (Å²) in [5.74, 6) is -2.09. The monoisotopic (exact) mass is 1550 g/mol. The Kier molecular flexibility index (Phi) is 79.6. The van der Waals surface area contributed by atoms with Gasteiger partial charge in [-0.15, -0.1) is 0 Å². The van der Waals surface area contributed by atoms with Gasteiger partial charge < -0.3 is 33.8 Å². The highest BCUT2D eigenvalue weighted by molar-refractivity contribution is 7.47. The smallest absolute Gasteiger partial charge is 0.462 e. The SMILES string of the molecule is CCCCCCCCCCCCCCCCCCCCCCCC(=O)O[C@H](COC(=O)CCCCCCCCCCCCCCCCCCC)COP(=O)(O)OC[C@@H](O)COP(=O)(O)OC[C@@H](COC(=O)CCCCCCCCCCCCCC)OC(=O)CCCCCCCCCCCCCCCCCC. The molecule has 0 heterocycles. The molecule has 0 fully saturated rings. The van der Waals surface area contributed by atoms with Crippen molar-refractivity contribution in [3.8, 4) is 0 Å². The zero-order valence-corrected chi connectivity index (χ0v) is 71.2. The fourth-order valence-electron chi connectivity index (χ4n) is 13.7. The lowest BCUT2D eigenvalue weighted by Gasteiger charge is -2.21. The average molecular weight is 1550 g/mol. The van der Waals surface area contributed by atoms with Crippen molar-refractivity contribution in [2.75, 3.05) is 39.6 Å². The molecule has 0 aromatic carbocycles. The number of phosphoric acid groups is 2. The van der Waals surface area contributed by atoms with Gasteiger partial charge in [-0.05, 0) is 25.7 Å². The Morgan fingerprint density at radius 1 is 0.226 bits per heavy atom. The Morgan fingerprint density at radius 3 is 0.557 bits per heavy atom. The molecule has 0 aromatic heterocycles. The van der Waals surface area contributed by atoms with E-state index in [1.54, 1.807) is 0 Å². The minimum Gasteiger partial charge on any atom is -0.462 e. The molecule has 0 aliphatic rings. The van der Waals surface area contributed by atoms with Crippen LogP contribution in [0.2, 0.25) is 0 Å². The third kappa shape index (κ3) is 80.1. The molecule has 0 radical (unpaired) electrons. The maximum absolute atomic E-state index is 13.2. The fraction of sp³-hybridized carbons (Fsp3) is 0.954. The van der Waals surface area contributed by atoms with Crippen LogP contribution in [0.25, 0.3) is 0 Å². The van der Waals surface area contributed by atoms with Gasteiger partial charge in [0.15, 0.2) is 12.2 Å². The lowest BCUT2D eigenvalue weighted by atomic mass is 10.0. The van der Waals surface area contributed by atoms with Gasteiger partial charge in [0.1, 0.15) is 19.3 Å². The third-order valence-electron chi connectivity index (χ3n) is 20.6. The summed E-state index contributed by atoms with van der Waals surface area (Å²) >= 11 is 0. The first-order valence-corrected chi connectivity index (χ1v) is 48.3. The Labute approximate surface area is 651 Å². The number of carbonyl (C=O) groups is 4.